The molecule has 1 saturated heterocycles. The molecule has 3 heterocycles. The van der Waals surface area contributed by atoms with E-state index in [1.165, 1.54) is 0 Å². The summed E-state index contributed by atoms with van der Waals surface area (Å²) in [6.45, 7) is 7.93. The lowest BCUT2D eigenvalue weighted by Gasteiger charge is -2.33. The predicted octanol–water partition coefficient (Wildman–Crippen LogP) is 2.86. The Hall–Kier alpha value is -1.48. The molecule has 0 spiro atoms. The van der Waals surface area contributed by atoms with E-state index in [0.717, 1.165) is 61.3 Å². The molecular weight excluding hydrogens is 410 g/mol. The minimum atomic E-state index is -3.18. The van der Waals surface area contributed by atoms with Crippen LogP contribution in [0.1, 0.15) is 49.8 Å². The SMILES string of the molecule is CC(C)S(=O)(=O)N1CCC(c2nnc3n2CCN(Cc2ccccc2Cl)C3)CC1. The van der Waals surface area contributed by atoms with Crippen molar-refractivity contribution >= 4 is 21.6 Å². The molecule has 2 aliphatic rings. The quantitative estimate of drug-likeness (QED) is 0.719. The van der Waals surface area contributed by atoms with Crippen LogP contribution in [0.25, 0.3) is 0 Å². The Labute approximate surface area is 177 Å². The molecule has 0 atom stereocenters. The monoisotopic (exact) mass is 437 g/mol. The minimum absolute atomic E-state index is 0.269. The van der Waals surface area contributed by atoms with Crippen molar-refractivity contribution in [1.82, 2.24) is 24.0 Å². The number of rotatable bonds is 5. The first-order valence-corrected chi connectivity index (χ1v) is 12.1. The molecule has 7 nitrogen and oxygen atoms in total. The molecule has 29 heavy (non-hydrogen) atoms. The van der Waals surface area contributed by atoms with Crippen LogP contribution in [0, 0.1) is 0 Å². The number of benzene rings is 1. The van der Waals surface area contributed by atoms with Gasteiger partial charge in [0.25, 0.3) is 0 Å². The lowest BCUT2D eigenvalue weighted by Crippen LogP contribution is -2.42. The molecule has 0 aliphatic carbocycles. The summed E-state index contributed by atoms with van der Waals surface area (Å²) in [5, 5.41) is 9.37. The van der Waals surface area contributed by atoms with Gasteiger partial charge in [-0.2, -0.15) is 0 Å². The number of piperidine rings is 1. The number of hydrogen-bond donors (Lipinski definition) is 0. The molecule has 0 bridgehead atoms. The maximum atomic E-state index is 12.4. The molecule has 0 unspecified atom stereocenters. The van der Waals surface area contributed by atoms with Gasteiger partial charge in [0.05, 0.1) is 11.8 Å². The summed E-state index contributed by atoms with van der Waals surface area (Å²) in [6.07, 6.45) is 1.60. The van der Waals surface area contributed by atoms with Gasteiger partial charge in [-0.3, -0.25) is 4.90 Å². The normalized spacial score (nSPS) is 19.6. The van der Waals surface area contributed by atoms with E-state index in [0.29, 0.717) is 13.1 Å². The molecule has 2 aliphatic heterocycles. The van der Waals surface area contributed by atoms with Crippen molar-refractivity contribution in [1.29, 1.82) is 0 Å². The number of halogens is 1. The number of fused-ring (bicyclic) bond motifs is 1. The summed E-state index contributed by atoms with van der Waals surface area (Å²) in [7, 11) is -3.18. The van der Waals surface area contributed by atoms with Crippen molar-refractivity contribution in [3.05, 3.63) is 46.5 Å². The standard InChI is InChI=1S/C20H28ClN5O2S/c1-15(2)29(27,28)25-9-7-16(8-10-25)20-23-22-19-14-24(11-12-26(19)20)13-17-5-3-4-6-18(17)21/h3-6,15-16H,7-14H2,1-2H3. The topological polar surface area (TPSA) is 71.3 Å². The molecule has 0 radical (unpaired) electrons. The molecule has 2 aromatic rings. The van der Waals surface area contributed by atoms with Crippen LogP contribution in [0.5, 0.6) is 0 Å². The van der Waals surface area contributed by atoms with Crippen LogP contribution < -0.4 is 0 Å². The van der Waals surface area contributed by atoms with Gasteiger partial charge in [-0.05, 0) is 38.3 Å². The van der Waals surface area contributed by atoms with Gasteiger partial charge in [0.15, 0.2) is 0 Å². The Bertz CT molecular complexity index is 967. The third-order valence-corrected chi connectivity index (χ3v) is 8.63. The van der Waals surface area contributed by atoms with Crippen LogP contribution in [-0.2, 0) is 29.7 Å². The van der Waals surface area contributed by atoms with Crippen molar-refractivity contribution in [3.8, 4) is 0 Å². The first-order valence-electron chi connectivity index (χ1n) is 10.2. The van der Waals surface area contributed by atoms with Crippen molar-refractivity contribution < 1.29 is 8.42 Å². The molecule has 1 fully saturated rings. The molecule has 0 saturated carbocycles. The van der Waals surface area contributed by atoms with Crippen molar-refractivity contribution in [2.24, 2.45) is 0 Å². The summed E-state index contributed by atoms with van der Waals surface area (Å²) < 4.78 is 28.7. The van der Waals surface area contributed by atoms with E-state index in [9.17, 15) is 8.42 Å². The van der Waals surface area contributed by atoms with Crippen LogP contribution >= 0.6 is 11.6 Å². The van der Waals surface area contributed by atoms with E-state index >= 15 is 0 Å². The zero-order valence-corrected chi connectivity index (χ0v) is 18.5. The van der Waals surface area contributed by atoms with Gasteiger partial charge in [-0.15, -0.1) is 10.2 Å². The number of hydrogen-bond acceptors (Lipinski definition) is 5. The van der Waals surface area contributed by atoms with Gasteiger partial charge in [0.1, 0.15) is 11.6 Å². The average Bonchev–Trinajstić information content (AvgIpc) is 3.13. The highest BCUT2D eigenvalue weighted by molar-refractivity contribution is 7.89. The van der Waals surface area contributed by atoms with Gasteiger partial charge in [-0.25, -0.2) is 12.7 Å². The lowest BCUT2D eigenvalue weighted by molar-refractivity contribution is 0.204. The first-order chi connectivity index (χ1) is 13.9. The Morgan fingerprint density at radius 3 is 2.52 bits per heavy atom. The second-order valence-electron chi connectivity index (χ2n) is 8.20. The summed E-state index contributed by atoms with van der Waals surface area (Å²) in [6, 6.07) is 7.94. The Morgan fingerprint density at radius 2 is 1.83 bits per heavy atom. The summed E-state index contributed by atoms with van der Waals surface area (Å²) in [5.74, 6) is 2.26. The molecule has 1 aromatic carbocycles. The fourth-order valence-corrected chi connectivity index (χ4v) is 5.71. The van der Waals surface area contributed by atoms with Crippen molar-refractivity contribution in [2.75, 3.05) is 19.6 Å². The van der Waals surface area contributed by atoms with Crippen molar-refractivity contribution in [2.45, 2.75) is 57.5 Å². The lowest BCUT2D eigenvalue weighted by atomic mass is 9.97. The van der Waals surface area contributed by atoms with Gasteiger partial charge in [-0.1, -0.05) is 29.8 Å². The first kappa shape index (κ1) is 20.8. The van der Waals surface area contributed by atoms with Crippen LogP contribution in [0.15, 0.2) is 24.3 Å². The predicted molar refractivity (Wildman–Crippen MR) is 113 cm³/mol. The van der Waals surface area contributed by atoms with Crippen LogP contribution in [0.3, 0.4) is 0 Å². The highest BCUT2D eigenvalue weighted by atomic mass is 35.5. The molecular formula is C20H28ClN5O2S. The smallest absolute Gasteiger partial charge is 0.216 e. The van der Waals surface area contributed by atoms with E-state index in [1.54, 1.807) is 18.2 Å². The van der Waals surface area contributed by atoms with Crippen LogP contribution in [-0.4, -0.2) is 57.3 Å². The highest BCUT2D eigenvalue weighted by Crippen LogP contribution is 2.30. The molecule has 4 rings (SSSR count). The second-order valence-corrected chi connectivity index (χ2v) is 11.1. The summed E-state index contributed by atoms with van der Waals surface area (Å²) in [5.41, 5.74) is 1.13. The minimum Gasteiger partial charge on any atom is -0.312 e. The second kappa shape index (κ2) is 8.34. The van der Waals surface area contributed by atoms with E-state index < -0.39 is 10.0 Å². The fourth-order valence-electron chi connectivity index (χ4n) is 4.20. The highest BCUT2D eigenvalue weighted by Gasteiger charge is 2.33. The molecule has 158 valence electrons. The van der Waals surface area contributed by atoms with E-state index in [4.69, 9.17) is 11.6 Å². The zero-order valence-electron chi connectivity index (χ0n) is 17.0. The molecule has 0 N–H and O–H groups in total. The molecule has 0 amide bonds. The summed E-state index contributed by atoms with van der Waals surface area (Å²) >= 11 is 6.31. The van der Waals surface area contributed by atoms with E-state index in [-0.39, 0.29) is 11.2 Å². The number of sulfonamides is 1. The maximum Gasteiger partial charge on any atom is 0.216 e. The van der Waals surface area contributed by atoms with Gasteiger partial charge >= 0.3 is 0 Å². The Balaban J connectivity index is 1.41. The van der Waals surface area contributed by atoms with Crippen LogP contribution in [0.2, 0.25) is 5.02 Å². The number of nitrogens with zero attached hydrogens (tertiary/aromatic N) is 5. The maximum absolute atomic E-state index is 12.4. The third kappa shape index (κ3) is 4.21. The van der Waals surface area contributed by atoms with Gasteiger partial charge in [0, 0.05) is 43.7 Å². The molecule has 9 heteroatoms. The van der Waals surface area contributed by atoms with Crippen LogP contribution in [0.4, 0.5) is 0 Å². The van der Waals surface area contributed by atoms with Gasteiger partial charge in [0.2, 0.25) is 10.0 Å². The van der Waals surface area contributed by atoms with E-state index in [2.05, 4.69) is 25.7 Å². The molecule has 1 aromatic heterocycles. The Morgan fingerprint density at radius 1 is 1.10 bits per heavy atom. The van der Waals surface area contributed by atoms with Gasteiger partial charge < -0.3 is 4.57 Å². The zero-order chi connectivity index (χ0) is 20.6. The fraction of sp³-hybridized carbons (Fsp3) is 0.600. The Kier molecular flexibility index (Phi) is 5.97. The van der Waals surface area contributed by atoms with Crippen molar-refractivity contribution in [3.63, 3.8) is 0 Å². The number of aromatic nitrogens is 3. The van der Waals surface area contributed by atoms with E-state index in [1.807, 2.05) is 18.2 Å². The summed E-state index contributed by atoms with van der Waals surface area (Å²) in [4.78, 5) is 2.34. The average molecular weight is 438 g/mol. The largest absolute Gasteiger partial charge is 0.312 e. The third-order valence-electron chi connectivity index (χ3n) is 5.99.